The fourth-order valence-electron chi connectivity index (χ4n) is 2.97. The lowest BCUT2D eigenvalue weighted by molar-refractivity contribution is -0.0493. The Hall–Kier alpha value is -2.32. The Bertz CT molecular complexity index is 782. The van der Waals surface area contributed by atoms with Gasteiger partial charge in [-0.1, -0.05) is 24.3 Å². The number of alkyl halides is 2. The van der Waals surface area contributed by atoms with Crippen LogP contribution >= 0.6 is 12.2 Å². The van der Waals surface area contributed by atoms with E-state index in [9.17, 15) is 13.2 Å². The molecule has 0 saturated carbocycles. The average Bonchev–Trinajstić information content (AvgIpc) is 2.63. The molecule has 1 aliphatic rings. The minimum atomic E-state index is -2.90. The molecule has 1 heterocycles. The standard InChI is InChI=1S/C19H20F3N3OS/c20-15-5-3-4-14(12-15)13-24-8-10-25(11-9-24)19(27)23-16-6-1-2-7-17(16)26-18(21)22/h1-7,12,18H,8-11,13H2,(H,23,27). The van der Waals surface area contributed by atoms with Crippen molar-refractivity contribution < 1.29 is 17.9 Å². The highest BCUT2D eigenvalue weighted by molar-refractivity contribution is 7.80. The zero-order chi connectivity index (χ0) is 19.2. The van der Waals surface area contributed by atoms with Gasteiger partial charge in [0.2, 0.25) is 0 Å². The van der Waals surface area contributed by atoms with E-state index in [0.717, 1.165) is 18.7 Å². The van der Waals surface area contributed by atoms with Gasteiger partial charge in [-0.05, 0) is 42.0 Å². The van der Waals surface area contributed by atoms with E-state index in [2.05, 4.69) is 15.0 Å². The fraction of sp³-hybridized carbons (Fsp3) is 0.316. The van der Waals surface area contributed by atoms with Crippen molar-refractivity contribution in [1.29, 1.82) is 0 Å². The van der Waals surface area contributed by atoms with Crippen molar-refractivity contribution in [3.8, 4) is 5.75 Å². The normalized spacial score (nSPS) is 15.0. The van der Waals surface area contributed by atoms with Gasteiger partial charge >= 0.3 is 6.61 Å². The number of hydrogen-bond acceptors (Lipinski definition) is 3. The van der Waals surface area contributed by atoms with Crippen LogP contribution < -0.4 is 10.1 Å². The van der Waals surface area contributed by atoms with Crippen LogP contribution in [0, 0.1) is 5.82 Å². The predicted molar refractivity (Wildman–Crippen MR) is 103 cm³/mol. The van der Waals surface area contributed by atoms with E-state index in [1.54, 1.807) is 30.3 Å². The van der Waals surface area contributed by atoms with Gasteiger partial charge in [0.25, 0.3) is 0 Å². The third-order valence-electron chi connectivity index (χ3n) is 4.30. The first-order chi connectivity index (χ1) is 13.0. The third kappa shape index (κ3) is 5.58. The SMILES string of the molecule is Fc1cccc(CN2CCN(C(=S)Nc3ccccc3OC(F)F)CC2)c1. The molecule has 0 spiro atoms. The van der Waals surface area contributed by atoms with Crippen molar-refractivity contribution in [2.45, 2.75) is 13.2 Å². The Morgan fingerprint density at radius 2 is 1.81 bits per heavy atom. The summed E-state index contributed by atoms with van der Waals surface area (Å²) in [6.45, 7) is 0.712. The number of nitrogens with zero attached hydrogens (tertiary/aromatic N) is 2. The number of thiocarbonyl (C=S) groups is 1. The summed E-state index contributed by atoms with van der Waals surface area (Å²) in [6, 6.07) is 13.0. The quantitative estimate of drug-likeness (QED) is 0.775. The monoisotopic (exact) mass is 395 g/mol. The van der Waals surface area contributed by atoms with Crippen LogP contribution in [0.25, 0.3) is 0 Å². The summed E-state index contributed by atoms with van der Waals surface area (Å²) in [5, 5.41) is 3.45. The lowest BCUT2D eigenvalue weighted by Crippen LogP contribution is -2.49. The summed E-state index contributed by atoms with van der Waals surface area (Å²) in [6.07, 6.45) is 0. The largest absolute Gasteiger partial charge is 0.433 e. The second-order valence-electron chi connectivity index (χ2n) is 6.20. The van der Waals surface area contributed by atoms with E-state index in [4.69, 9.17) is 12.2 Å². The molecule has 0 aliphatic carbocycles. The molecule has 0 amide bonds. The minimum absolute atomic E-state index is 0.0552. The maximum atomic E-state index is 13.3. The first-order valence-electron chi connectivity index (χ1n) is 8.58. The molecule has 1 fully saturated rings. The fourth-order valence-corrected chi connectivity index (χ4v) is 3.26. The number of anilines is 1. The highest BCUT2D eigenvalue weighted by Crippen LogP contribution is 2.26. The van der Waals surface area contributed by atoms with E-state index in [-0.39, 0.29) is 11.6 Å². The number of para-hydroxylation sites is 2. The molecule has 0 radical (unpaired) electrons. The van der Waals surface area contributed by atoms with Crippen molar-refractivity contribution >= 4 is 23.0 Å². The molecule has 0 unspecified atom stereocenters. The molecule has 1 aliphatic heterocycles. The van der Waals surface area contributed by atoms with Crippen molar-refractivity contribution in [3.63, 3.8) is 0 Å². The summed E-state index contributed by atoms with van der Waals surface area (Å²) in [7, 11) is 0. The molecule has 0 aromatic heterocycles. The molecule has 0 bridgehead atoms. The molecule has 0 atom stereocenters. The highest BCUT2D eigenvalue weighted by atomic mass is 32.1. The Balaban J connectivity index is 1.53. The van der Waals surface area contributed by atoms with Crippen LogP contribution in [0.2, 0.25) is 0 Å². The second-order valence-corrected chi connectivity index (χ2v) is 6.58. The average molecular weight is 395 g/mol. The van der Waals surface area contributed by atoms with Gasteiger partial charge in [-0.2, -0.15) is 8.78 Å². The second kappa shape index (κ2) is 9.05. The molecule has 2 aromatic rings. The van der Waals surface area contributed by atoms with Gasteiger partial charge in [0.05, 0.1) is 5.69 Å². The zero-order valence-corrected chi connectivity index (χ0v) is 15.4. The van der Waals surface area contributed by atoms with Crippen molar-refractivity contribution in [1.82, 2.24) is 9.80 Å². The number of halogens is 3. The van der Waals surface area contributed by atoms with Gasteiger partial charge in [-0.15, -0.1) is 0 Å². The van der Waals surface area contributed by atoms with Crippen LogP contribution in [0.15, 0.2) is 48.5 Å². The van der Waals surface area contributed by atoms with E-state index < -0.39 is 6.61 Å². The predicted octanol–water partition coefficient (Wildman–Crippen LogP) is 3.94. The summed E-state index contributed by atoms with van der Waals surface area (Å²) in [5.74, 6) is -0.180. The Kier molecular flexibility index (Phi) is 6.52. The Morgan fingerprint density at radius 1 is 1.07 bits per heavy atom. The smallest absolute Gasteiger partial charge is 0.387 e. The van der Waals surface area contributed by atoms with Gasteiger partial charge in [0, 0.05) is 32.7 Å². The van der Waals surface area contributed by atoms with Gasteiger partial charge in [-0.3, -0.25) is 4.90 Å². The minimum Gasteiger partial charge on any atom is -0.433 e. The molecule has 8 heteroatoms. The molecular weight excluding hydrogens is 375 g/mol. The topological polar surface area (TPSA) is 27.7 Å². The summed E-state index contributed by atoms with van der Waals surface area (Å²) in [5.41, 5.74) is 1.34. The van der Waals surface area contributed by atoms with E-state index >= 15 is 0 Å². The number of ether oxygens (including phenoxy) is 1. The Labute approximate surface area is 161 Å². The molecule has 3 rings (SSSR count). The van der Waals surface area contributed by atoms with E-state index in [1.165, 1.54) is 12.1 Å². The lowest BCUT2D eigenvalue weighted by Gasteiger charge is -2.36. The van der Waals surface area contributed by atoms with Crippen molar-refractivity contribution in [2.24, 2.45) is 0 Å². The van der Waals surface area contributed by atoms with Gasteiger partial charge in [-0.25, -0.2) is 4.39 Å². The number of hydrogen-bond donors (Lipinski definition) is 1. The van der Waals surface area contributed by atoms with Crippen LogP contribution in [0.4, 0.5) is 18.9 Å². The van der Waals surface area contributed by atoms with Crippen LogP contribution in [0.3, 0.4) is 0 Å². The van der Waals surface area contributed by atoms with Crippen LogP contribution in [-0.2, 0) is 6.54 Å². The molecule has 27 heavy (non-hydrogen) atoms. The number of piperazine rings is 1. The molecule has 1 N–H and O–H groups in total. The van der Waals surface area contributed by atoms with Crippen molar-refractivity contribution in [3.05, 3.63) is 59.9 Å². The first kappa shape index (κ1) is 19.4. The summed E-state index contributed by atoms with van der Waals surface area (Å²) < 4.78 is 42.8. The van der Waals surface area contributed by atoms with Gasteiger partial charge < -0.3 is 15.0 Å². The third-order valence-corrected chi connectivity index (χ3v) is 4.66. The van der Waals surface area contributed by atoms with E-state index in [0.29, 0.717) is 30.4 Å². The first-order valence-corrected chi connectivity index (χ1v) is 8.98. The van der Waals surface area contributed by atoms with Crippen LogP contribution in [0.1, 0.15) is 5.56 Å². The molecule has 1 saturated heterocycles. The molecule has 4 nitrogen and oxygen atoms in total. The van der Waals surface area contributed by atoms with Gasteiger partial charge in [0.15, 0.2) is 5.11 Å². The molecule has 2 aromatic carbocycles. The Morgan fingerprint density at radius 3 is 2.52 bits per heavy atom. The maximum Gasteiger partial charge on any atom is 0.387 e. The van der Waals surface area contributed by atoms with E-state index in [1.807, 2.05) is 11.0 Å². The highest BCUT2D eigenvalue weighted by Gasteiger charge is 2.20. The lowest BCUT2D eigenvalue weighted by atomic mass is 10.2. The molecule has 144 valence electrons. The van der Waals surface area contributed by atoms with Gasteiger partial charge in [0.1, 0.15) is 11.6 Å². The van der Waals surface area contributed by atoms with Crippen LogP contribution in [0.5, 0.6) is 5.75 Å². The van der Waals surface area contributed by atoms with Crippen LogP contribution in [-0.4, -0.2) is 47.7 Å². The zero-order valence-electron chi connectivity index (χ0n) is 14.6. The maximum absolute atomic E-state index is 13.3. The number of nitrogens with one attached hydrogen (secondary N) is 1. The van der Waals surface area contributed by atoms with Crippen molar-refractivity contribution in [2.75, 3.05) is 31.5 Å². The molecular formula is C19H20F3N3OS. The summed E-state index contributed by atoms with van der Waals surface area (Å²) in [4.78, 5) is 4.21. The number of rotatable bonds is 5. The summed E-state index contributed by atoms with van der Waals surface area (Å²) >= 11 is 5.42. The number of benzene rings is 2.